The molecule has 1 saturated heterocycles. The van der Waals surface area contributed by atoms with Gasteiger partial charge in [0.15, 0.2) is 6.61 Å². The number of pyridine rings is 1. The molecule has 0 unspecified atom stereocenters. The van der Waals surface area contributed by atoms with Gasteiger partial charge in [0.1, 0.15) is 22.8 Å². The molecule has 3 aromatic rings. The molecule has 1 aromatic carbocycles. The number of amides is 1. The van der Waals surface area contributed by atoms with Crippen molar-refractivity contribution in [2.75, 3.05) is 44.0 Å². The van der Waals surface area contributed by atoms with Crippen LogP contribution in [-0.2, 0) is 4.79 Å². The molecule has 12 heteroatoms. The van der Waals surface area contributed by atoms with Crippen LogP contribution in [0.1, 0.15) is 18.5 Å². The Hall–Kier alpha value is -3.67. The minimum atomic E-state index is -4.77. The molecule has 1 fully saturated rings. The number of hydrogen-bond acceptors (Lipinski definition) is 8. The fraction of sp³-hybridized carbons (Fsp3) is 0.417. The maximum absolute atomic E-state index is 12.3. The molecular formula is C24H27F3N6O3. The largest absolute Gasteiger partial charge is 0.573 e. The predicted octanol–water partition coefficient (Wildman–Crippen LogP) is 3.78. The van der Waals surface area contributed by atoms with E-state index in [9.17, 15) is 18.0 Å². The number of carbonyl (C=O) groups is 1. The second-order valence-electron chi connectivity index (χ2n) is 8.71. The molecule has 1 N–H and O–H groups in total. The summed E-state index contributed by atoms with van der Waals surface area (Å²) < 4.78 is 45.9. The molecule has 1 aliphatic rings. The number of aryl methyl sites for hydroxylation is 1. The number of anilines is 2. The van der Waals surface area contributed by atoms with Crippen molar-refractivity contribution < 1.29 is 27.4 Å². The Morgan fingerprint density at radius 3 is 2.36 bits per heavy atom. The molecule has 0 spiro atoms. The van der Waals surface area contributed by atoms with Crippen molar-refractivity contribution in [3.05, 3.63) is 42.1 Å². The van der Waals surface area contributed by atoms with Crippen LogP contribution in [0.3, 0.4) is 0 Å². The number of fused-ring (bicyclic) bond motifs is 1. The van der Waals surface area contributed by atoms with Crippen LogP contribution < -0.4 is 19.7 Å². The molecule has 2 aromatic heterocycles. The quantitative estimate of drug-likeness (QED) is 0.520. The number of hydrogen-bond donors (Lipinski definition) is 1. The van der Waals surface area contributed by atoms with Gasteiger partial charge in [0.25, 0.3) is 5.91 Å². The molecule has 0 atom stereocenters. The van der Waals surface area contributed by atoms with Gasteiger partial charge in [-0.1, -0.05) is 0 Å². The van der Waals surface area contributed by atoms with Crippen LogP contribution in [0.15, 0.2) is 36.4 Å². The monoisotopic (exact) mass is 504 g/mol. The summed E-state index contributed by atoms with van der Waals surface area (Å²) in [4.78, 5) is 30.5. The lowest BCUT2D eigenvalue weighted by molar-refractivity contribution is -0.274. The van der Waals surface area contributed by atoms with E-state index in [2.05, 4.69) is 48.9 Å². The van der Waals surface area contributed by atoms with Gasteiger partial charge in [-0.2, -0.15) is 0 Å². The highest BCUT2D eigenvalue weighted by atomic mass is 19.4. The van der Waals surface area contributed by atoms with E-state index in [-0.39, 0.29) is 18.1 Å². The normalized spacial score (nSPS) is 14.8. The molecule has 36 heavy (non-hydrogen) atoms. The van der Waals surface area contributed by atoms with Crippen molar-refractivity contribution in [3.63, 3.8) is 0 Å². The average Bonchev–Trinajstić information content (AvgIpc) is 2.83. The summed E-state index contributed by atoms with van der Waals surface area (Å²) in [6, 6.07) is 8.76. The van der Waals surface area contributed by atoms with E-state index in [0.717, 1.165) is 38.1 Å². The van der Waals surface area contributed by atoms with E-state index in [1.54, 1.807) is 12.1 Å². The zero-order valence-corrected chi connectivity index (χ0v) is 20.2. The number of halogens is 3. The molecule has 0 saturated carbocycles. The standard InChI is InChI=1S/C24H27F3N6O3/c1-15-22-19(29-23(28-15)33-12-10-16(11-13-33)32(2)3)8-9-20(31-22)30-21(34)14-35-17-4-6-18(7-5-17)36-24(25,26)27/h4-9,16H,10-14H2,1-3H3,(H,30,31,34). The number of nitrogens with zero attached hydrogens (tertiary/aromatic N) is 5. The highest BCUT2D eigenvalue weighted by Crippen LogP contribution is 2.25. The first-order valence-corrected chi connectivity index (χ1v) is 11.4. The third-order valence-electron chi connectivity index (χ3n) is 5.88. The summed E-state index contributed by atoms with van der Waals surface area (Å²) in [7, 11) is 4.19. The van der Waals surface area contributed by atoms with Crippen molar-refractivity contribution in [1.29, 1.82) is 0 Å². The highest BCUT2D eigenvalue weighted by Gasteiger charge is 2.31. The molecule has 1 aliphatic heterocycles. The molecule has 0 aliphatic carbocycles. The minimum Gasteiger partial charge on any atom is -0.484 e. The molecule has 9 nitrogen and oxygen atoms in total. The number of piperidine rings is 1. The molecular weight excluding hydrogens is 477 g/mol. The Morgan fingerprint density at radius 1 is 1.06 bits per heavy atom. The summed E-state index contributed by atoms with van der Waals surface area (Å²) >= 11 is 0. The van der Waals surface area contributed by atoms with E-state index in [4.69, 9.17) is 4.74 Å². The van der Waals surface area contributed by atoms with E-state index >= 15 is 0 Å². The lowest BCUT2D eigenvalue weighted by Crippen LogP contribution is -2.42. The molecule has 3 heterocycles. The maximum atomic E-state index is 12.3. The summed E-state index contributed by atoms with van der Waals surface area (Å²) in [6.45, 7) is 3.27. The fourth-order valence-electron chi connectivity index (χ4n) is 4.00. The average molecular weight is 505 g/mol. The van der Waals surface area contributed by atoms with Crippen LogP contribution >= 0.6 is 0 Å². The van der Waals surface area contributed by atoms with Crippen LogP contribution in [0.2, 0.25) is 0 Å². The van der Waals surface area contributed by atoms with Crippen molar-refractivity contribution in [3.8, 4) is 11.5 Å². The lowest BCUT2D eigenvalue weighted by Gasteiger charge is -2.35. The molecule has 0 radical (unpaired) electrons. The molecule has 4 rings (SSSR count). The van der Waals surface area contributed by atoms with Gasteiger partial charge in [-0.3, -0.25) is 4.79 Å². The maximum Gasteiger partial charge on any atom is 0.573 e. The van der Waals surface area contributed by atoms with Crippen LogP contribution in [-0.4, -0.2) is 72.0 Å². The van der Waals surface area contributed by atoms with E-state index in [0.29, 0.717) is 34.5 Å². The second kappa shape index (κ2) is 10.5. The van der Waals surface area contributed by atoms with E-state index in [1.165, 1.54) is 12.1 Å². The van der Waals surface area contributed by atoms with Gasteiger partial charge in [0.05, 0.1) is 11.2 Å². The van der Waals surface area contributed by atoms with Crippen LogP contribution in [0.25, 0.3) is 11.0 Å². The number of ether oxygens (including phenoxy) is 2. The SMILES string of the molecule is Cc1nc(N2CCC(N(C)C)CC2)nc2ccc(NC(=O)COc3ccc(OC(F)(F)F)cc3)nc12. The highest BCUT2D eigenvalue weighted by molar-refractivity contribution is 5.92. The molecule has 0 bridgehead atoms. The van der Waals surface area contributed by atoms with Crippen LogP contribution in [0, 0.1) is 6.92 Å². The van der Waals surface area contributed by atoms with Crippen molar-refractivity contribution in [2.45, 2.75) is 32.2 Å². The van der Waals surface area contributed by atoms with Gasteiger partial charge in [-0.15, -0.1) is 13.2 Å². The first kappa shape index (κ1) is 25.4. The van der Waals surface area contributed by atoms with Crippen molar-refractivity contribution in [1.82, 2.24) is 19.9 Å². The Kier molecular flexibility index (Phi) is 7.43. The second-order valence-corrected chi connectivity index (χ2v) is 8.71. The lowest BCUT2D eigenvalue weighted by atomic mass is 10.0. The first-order valence-electron chi connectivity index (χ1n) is 11.4. The number of benzene rings is 1. The fourth-order valence-corrected chi connectivity index (χ4v) is 4.00. The summed E-state index contributed by atoms with van der Waals surface area (Å²) in [5.74, 6) is 0.361. The van der Waals surface area contributed by atoms with Gasteiger partial charge in [0.2, 0.25) is 5.95 Å². The number of rotatable bonds is 7. The number of aromatic nitrogens is 3. The van der Waals surface area contributed by atoms with E-state index in [1.807, 2.05) is 6.92 Å². The minimum absolute atomic E-state index is 0.220. The smallest absolute Gasteiger partial charge is 0.484 e. The van der Waals surface area contributed by atoms with Gasteiger partial charge < -0.3 is 24.6 Å². The third kappa shape index (κ3) is 6.51. The summed E-state index contributed by atoms with van der Waals surface area (Å²) in [5.41, 5.74) is 1.97. The van der Waals surface area contributed by atoms with Gasteiger partial charge in [0, 0.05) is 19.1 Å². The Bertz CT molecular complexity index is 1210. The first-order chi connectivity index (χ1) is 17.1. The summed E-state index contributed by atoms with van der Waals surface area (Å²) in [6.07, 6.45) is -2.68. The van der Waals surface area contributed by atoms with Crippen molar-refractivity contribution >= 4 is 28.7 Å². The zero-order valence-electron chi connectivity index (χ0n) is 20.2. The Morgan fingerprint density at radius 2 is 1.72 bits per heavy atom. The summed E-state index contributed by atoms with van der Waals surface area (Å²) in [5, 5.41) is 2.65. The van der Waals surface area contributed by atoms with Gasteiger partial charge in [-0.25, -0.2) is 15.0 Å². The van der Waals surface area contributed by atoms with Gasteiger partial charge in [-0.05, 0) is 70.3 Å². The zero-order chi connectivity index (χ0) is 25.9. The topological polar surface area (TPSA) is 92.7 Å². The molecule has 1 amide bonds. The van der Waals surface area contributed by atoms with E-state index < -0.39 is 12.3 Å². The number of nitrogens with one attached hydrogen (secondary N) is 1. The van der Waals surface area contributed by atoms with Crippen LogP contribution in [0.5, 0.6) is 11.5 Å². The Labute approximate surface area is 206 Å². The number of carbonyl (C=O) groups excluding carboxylic acids is 1. The predicted molar refractivity (Wildman–Crippen MR) is 128 cm³/mol. The van der Waals surface area contributed by atoms with Crippen LogP contribution in [0.4, 0.5) is 24.9 Å². The molecule has 192 valence electrons. The van der Waals surface area contributed by atoms with Crippen molar-refractivity contribution in [2.24, 2.45) is 0 Å². The third-order valence-corrected chi connectivity index (χ3v) is 5.88. The number of alkyl halides is 3. The Balaban J connectivity index is 1.35. The van der Waals surface area contributed by atoms with Gasteiger partial charge >= 0.3 is 6.36 Å².